The van der Waals surface area contributed by atoms with Gasteiger partial charge in [-0.3, -0.25) is 4.79 Å². The Balaban J connectivity index is 1.60. The molecule has 0 fully saturated rings. The van der Waals surface area contributed by atoms with E-state index >= 15 is 0 Å². The van der Waals surface area contributed by atoms with E-state index in [2.05, 4.69) is 29.2 Å². The van der Waals surface area contributed by atoms with Crippen molar-refractivity contribution in [2.75, 3.05) is 7.05 Å². The average molecular weight is 339 g/mol. The fraction of sp³-hybridized carbons (Fsp3) is 0.250. The summed E-state index contributed by atoms with van der Waals surface area (Å²) in [5.41, 5.74) is 4.50. The number of aromatic amines is 1. The summed E-state index contributed by atoms with van der Waals surface area (Å²) in [7, 11) is 1.90. The number of hydrogen-bond donors (Lipinski definition) is 1. The van der Waals surface area contributed by atoms with Crippen LogP contribution in [0.5, 0.6) is 0 Å². The topological polar surface area (TPSA) is 36.1 Å². The molecule has 3 aromatic rings. The molecule has 0 saturated carbocycles. The summed E-state index contributed by atoms with van der Waals surface area (Å²) in [5, 5.41) is 1.87. The third-order valence-corrected chi connectivity index (χ3v) is 5.24. The Hall–Kier alpha value is -2.26. The predicted molar refractivity (Wildman–Crippen MR) is 97.7 cm³/mol. The summed E-state index contributed by atoms with van der Waals surface area (Å²) in [4.78, 5) is 18.2. The SMILES string of the molecule is CN(C(=O)c1cccc(Cl)c1)C1CCc2[nH]c3ccccc3c2C1. The van der Waals surface area contributed by atoms with Gasteiger partial charge in [-0.25, -0.2) is 0 Å². The van der Waals surface area contributed by atoms with Crippen molar-refractivity contribution in [3.8, 4) is 0 Å². The number of carbonyl (C=O) groups excluding carboxylic acids is 1. The summed E-state index contributed by atoms with van der Waals surface area (Å²) in [5.74, 6) is 0.0331. The molecule has 3 nitrogen and oxygen atoms in total. The number of para-hydroxylation sites is 1. The summed E-state index contributed by atoms with van der Waals surface area (Å²) in [6.45, 7) is 0. The quantitative estimate of drug-likeness (QED) is 0.736. The van der Waals surface area contributed by atoms with E-state index in [4.69, 9.17) is 11.6 Å². The molecular weight excluding hydrogens is 320 g/mol. The van der Waals surface area contributed by atoms with E-state index in [1.165, 1.54) is 22.2 Å². The molecular formula is C20H19ClN2O. The molecule has 0 saturated heterocycles. The summed E-state index contributed by atoms with van der Waals surface area (Å²) in [6, 6.07) is 15.8. The van der Waals surface area contributed by atoms with Crippen molar-refractivity contribution in [2.24, 2.45) is 0 Å². The highest BCUT2D eigenvalue weighted by molar-refractivity contribution is 6.30. The van der Waals surface area contributed by atoms with Crippen molar-refractivity contribution in [2.45, 2.75) is 25.3 Å². The minimum absolute atomic E-state index is 0.0331. The van der Waals surface area contributed by atoms with Crippen LogP contribution in [0.1, 0.15) is 28.0 Å². The Morgan fingerprint density at radius 1 is 1.21 bits per heavy atom. The van der Waals surface area contributed by atoms with Crippen molar-refractivity contribution < 1.29 is 4.79 Å². The van der Waals surface area contributed by atoms with Crippen LogP contribution in [0.3, 0.4) is 0 Å². The monoisotopic (exact) mass is 338 g/mol. The number of amides is 1. The Morgan fingerprint density at radius 2 is 2.04 bits per heavy atom. The van der Waals surface area contributed by atoms with Gasteiger partial charge in [0.2, 0.25) is 0 Å². The van der Waals surface area contributed by atoms with Gasteiger partial charge in [-0.2, -0.15) is 0 Å². The molecule has 1 aromatic heterocycles. The Bertz CT molecular complexity index is 915. The zero-order chi connectivity index (χ0) is 16.7. The molecule has 1 aliphatic rings. The molecule has 1 heterocycles. The zero-order valence-electron chi connectivity index (χ0n) is 13.6. The van der Waals surface area contributed by atoms with Crippen molar-refractivity contribution >= 4 is 28.4 Å². The van der Waals surface area contributed by atoms with Crippen LogP contribution in [0.2, 0.25) is 5.02 Å². The number of H-pyrrole nitrogens is 1. The highest BCUT2D eigenvalue weighted by Crippen LogP contribution is 2.31. The molecule has 122 valence electrons. The number of fused-ring (bicyclic) bond motifs is 3. The first-order valence-electron chi connectivity index (χ1n) is 8.24. The Kier molecular flexibility index (Phi) is 3.81. The second kappa shape index (κ2) is 5.99. The molecule has 24 heavy (non-hydrogen) atoms. The standard InChI is InChI=1S/C20H19ClN2O/c1-23(20(24)13-5-4-6-14(21)11-13)15-9-10-19-17(12-15)16-7-2-3-8-18(16)22-19/h2-8,11,15,22H,9-10,12H2,1H3. The molecule has 0 bridgehead atoms. The van der Waals surface area contributed by atoms with Crippen LogP contribution in [0.15, 0.2) is 48.5 Å². The normalized spacial score (nSPS) is 16.8. The van der Waals surface area contributed by atoms with Crippen LogP contribution in [-0.4, -0.2) is 28.9 Å². The number of likely N-dealkylation sites (N-methyl/N-ethyl adjacent to an activating group) is 1. The Labute approximate surface area is 146 Å². The van der Waals surface area contributed by atoms with Crippen LogP contribution in [-0.2, 0) is 12.8 Å². The minimum Gasteiger partial charge on any atom is -0.358 e. The van der Waals surface area contributed by atoms with Crippen LogP contribution < -0.4 is 0 Å². The molecule has 2 aromatic carbocycles. The fourth-order valence-corrected chi connectivity index (χ4v) is 3.86. The second-order valence-corrected chi connectivity index (χ2v) is 6.89. The number of carbonyl (C=O) groups is 1. The maximum atomic E-state index is 12.8. The number of aryl methyl sites for hydroxylation is 1. The lowest BCUT2D eigenvalue weighted by Crippen LogP contribution is -2.40. The molecule has 1 amide bonds. The smallest absolute Gasteiger partial charge is 0.253 e. The summed E-state index contributed by atoms with van der Waals surface area (Å²) in [6.07, 6.45) is 2.84. The van der Waals surface area contributed by atoms with Crippen LogP contribution in [0.25, 0.3) is 10.9 Å². The van der Waals surface area contributed by atoms with Gasteiger partial charge in [0.05, 0.1) is 0 Å². The second-order valence-electron chi connectivity index (χ2n) is 6.45. The third-order valence-electron chi connectivity index (χ3n) is 5.01. The highest BCUT2D eigenvalue weighted by atomic mass is 35.5. The molecule has 4 heteroatoms. The van der Waals surface area contributed by atoms with E-state index in [1.54, 1.807) is 12.1 Å². The fourth-order valence-electron chi connectivity index (χ4n) is 3.67. The highest BCUT2D eigenvalue weighted by Gasteiger charge is 2.28. The summed E-state index contributed by atoms with van der Waals surface area (Å²) < 4.78 is 0. The number of rotatable bonds is 2. The lowest BCUT2D eigenvalue weighted by molar-refractivity contribution is 0.0719. The van der Waals surface area contributed by atoms with Crippen LogP contribution >= 0.6 is 11.6 Å². The number of halogens is 1. The van der Waals surface area contributed by atoms with Crippen molar-refractivity contribution in [1.29, 1.82) is 0 Å². The van der Waals surface area contributed by atoms with Crippen molar-refractivity contribution in [1.82, 2.24) is 9.88 Å². The van der Waals surface area contributed by atoms with Gasteiger partial charge in [-0.1, -0.05) is 35.9 Å². The van der Waals surface area contributed by atoms with Crippen LogP contribution in [0, 0.1) is 0 Å². The minimum atomic E-state index is 0.0331. The Morgan fingerprint density at radius 3 is 2.88 bits per heavy atom. The lowest BCUT2D eigenvalue weighted by Gasteiger charge is -2.31. The molecule has 1 aliphatic carbocycles. The number of nitrogens with one attached hydrogen (secondary N) is 1. The summed E-state index contributed by atoms with van der Waals surface area (Å²) >= 11 is 6.02. The van der Waals surface area contributed by atoms with E-state index in [0.29, 0.717) is 10.6 Å². The van der Waals surface area contributed by atoms with Gasteiger partial charge in [0.15, 0.2) is 0 Å². The lowest BCUT2D eigenvalue weighted by atomic mass is 9.90. The van der Waals surface area contributed by atoms with Gasteiger partial charge in [-0.15, -0.1) is 0 Å². The molecule has 4 rings (SSSR count). The molecule has 0 radical (unpaired) electrons. The average Bonchev–Trinajstić information content (AvgIpc) is 2.98. The molecule has 1 atom stereocenters. The first-order valence-corrected chi connectivity index (χ1v) is 8.62. The number of benzene rings is 2. The van der Waals surface area contributed by atoms with Gasteiger partial charge in [-0.05, 0) is 49.1 Å². The van der Waals surface area contributed by atoms with Crippen molar-refractivity contribution in [3.63, 3.8) is 0 Å². The predicted octanol–water partition coefficient (Wildman–Crippen LogP) is 4.45. The number of hydrogen-bond acceptors (Lipinski definition) is 1. The molecule has 0 aliphatic heterocycles. The zero-order valence-corrected chi connectivity index (χ0v) is 14.3. The third kappa shape index (κ3) is 2.59. The van der Waals surface area contributed by atoms with E-state index < -0.39 is 0 Å². The van der Waals surface area contributed by atoms with Crippen molar-refractivity contribution in [3.05, 3.63) is 70.4 Å². The number of nitrogens with zero attached hydrogens (tertiary/aromatic N) is 1. The number of aromatic nitrogens is 1. The molecule has 1 N–H and O–H groups in total. The van der Waals surface area contributed by atoms with E-state index in [0.717, 1.165) is 19.3 Å². The first kappa shape index (κ1) is 15.3. The maximum Gasteiger partial charge on any atom is 0.253 e. The van der Waals surface area contributed by atoms with Gasteiger partial charge in [0.25, 0.3) is 5.91 Å². The van der Waals surface area contributed by atoms with E-state index in [1.807, 2.05) is 24.1 Å². The van der Waals surface area contributed by atoms with E-state index in [-0.39, 0.29) is 11.9 Å². The van der Waals surface area contributed by atoms with Gasteiger partial charge >= 0.3 is 0 Å². The largest absolute Gasteiger partial charge is 0.358 e. The molecule has 1 unspecified atom stereocenters. The van der Waals surface area contributed by atoms with Crippen LogP contribution in [0.4, 0.5) is 0 Å². The van der Waals surface area contributed by atoms with Gasteiger partial charge in [0, 0.05) is 40.3 Å². The maximum absolute atomic E-state index is 12.8. The van der Waals surface area contributed by atoms with Gasteiger partial charge in [0.1, 0.15) is 0 Å². The van der Waals surface area contributed by atoms with Gasteiger partial charge < -0.3 is 9.88 Å². The van der Waals surface area contributed by atoms with E-state index in [9.17, 15) is 4.79 Å². The molecule has 0 spiro atoms. The first-order chi connectivity index (χ1) is 11.6.